The van der Waals surface area contributed by atoms with E-state index in [1.807, 2.05) is 0 Å². The van der Waals surface area contributed by atoms with Crippen LogP contribution in [0.15, 0.2) is 0 Å². The van der Waals surface area contributed by atoms with Crippen molar-refractivity contribution in [1.82, 2.24) is 0 Å². The van der Waals surface area contributed by atoms with E-state index in [0.29, 0.717) is 12.8 Å². The molecule has 0 fully saturated rings. The van der Waals surface area contributed by atoms with Gasteiger partial charge in [-0.15, -0.1) is 0 Å². The summed E-state index contributed by atoms with van der Waals surface area (Å²) in [4.78, 5) is 18.4. The van der Waals surface area contributed by atoms with Gasteiger partial charge in [0.2, 0.25) is 0 Å². The van der Waals surface area contributed by atoms with Crippen LogP contribution in [-0.2, 0) is 29.8 Å². The first-order chi connectivity index (χ1) is 25.4. The summed E-state index contributed by atoms with van der Waals surface area (Å²) in [6, 6.07) is 0. The van der Waals surface area contributed by atoms with Gasteiger partial charge in [-0.05, 0) is 26.7 Å². The molecule has 0 amide bonds. The van der Waals surface area contributed by atoms with E-state index in [4.69, 9.17) is 0 Å². The molecule has 0 aromatic rings. The molecule has 56 heavy (non-hydrogen) atoms. The van der Waals surface area contributed by atoms with Crippen LogP contribution in [0.4, 0.5) is 0 Å². The van der Waals surface area contributed by atoms with Crippen LogP contribution >= 0.6 is 0 Å². The van der Waals surface area contributed by atoms with Crippen LogP contribution in [0.2, 0.25) is 0 Å². The van der Waals surface area contributed by atoms with Crippen molar-refractivity contribution in [3.63, 3.8) is 0 Å². The van der Waals surface area contributed by atoms with E-state index in [1.54, 1.807) is 0 Å². The van der Waals surface area contributed by atoms with Crippen LogP contribution in [0.25, 0.3) is 0 Å². The van der Waals surface area contributed by atoms with Gasteiger partial charge >= 0.3 is 59.1 Å². The van der Waals surface area contributed by atoms with Gasteiger partial charge in [-0.2, -0.15) is 0 Å². The quantitative estimate of drug-likeness (QED) is 0.0490. The minimum atomic E-state index is -4.87. The molecule has 0 rings (SSSR count). The van der Waals surface area contributed by atoms with Crippen LogP contribution in [0.1, 0.15) is 246 Å². The summed E-state index contributed by atoms with van der Waals surface area (Å²) in [5.41, 5.74) is 0. The molecular formula is C42H82Na2O10S2. The number of aliphatic hydroxyl groups is 2. The molecule has 0 aromatic heterocycles. The van der Waals surface area contributed by atoms with Crippen molar-refractivity contribution < 1.29 is 105 Å². The number of hydrogen-bond acceptors (Lipinski definition) is 10. The first kappa shape index (κ1) is 63.7. The topological polar surface area (TPSA) is 189 Å². The van der Waals surface area contributed by atoms with E-state index in [2.05, 4.69) is 13.8 Å². The molecule has 0 saturated carbocycles. The Morgan fingerprint density at radius 3 is 0.714 bits per heavy atom. The number of hydrogen-bond donors (Lipinski definition) is 2. The third kappa shape index (κ3) is 40.5. The Labute approximate surface area is 389 Å². The van der Waals surface area contributed by atoms with Crippen LogP contribution in [0.3, 0.4) is 0 Å². The third-order valence-corrected chi connectivity index (χ3v) is 12.7. The molecule has 2 N–H and O–H groups in total. The van der Waals surface area contributed by atoms with Crippen molar-refractivity contribution in [3.05, 3.63) is 0 Å². The Bertz CT molecular complexity index is 1040. The minimum Gasteiger partial charge on any atom is -0.746 e. The second kappa shape index (κ2) is 40.2. The number of carbonyl (C=O) groups is 2. The van der Waals surface area contributed by atoms with Crippen molar-refractivity contribution in [1.29, 1.82) is 0 Å². The monoisotopic (exact) mass is 857 g/mol. The molecule has 0 aliphatic rings. The maximum atomic E-state index is 11.7. The molecule has 0 aromatic carbocycles. The fourth-order valence-electron chi connectivity index (χ4n) is 6.47. The number of unbranched alkanes of at least 4 members (excludes halogenated alkanes) is 28. The van der Waals surface area contributed by atoms with Crippen molar-refractivity contribution >= 4 is 31.8 Å². The van der Waals surface area contributed by atoms with Gasteiger partial charge in [0.1, 0.15) is 31.8 Å². The molecule has 14 heteroatoms. The summed E-state index contributed by atoms with van der Waals surface area (Å²) in [5.74, 6) is -0.733. The largest absolute Gasteiger partial charge is 1.00 e. The summed E-state index contributed by atoms with van der Waals surface area (Å²) < 4.78 is 65.1. The molecule has 10 nitrogen and oxygen atoms in total. The van der Waals surface area contributed by atoms with Crippen LogP contribution < -0.4 is 59.1 Å². The van der Waals surface area contributed by atoms with Crippen molar-refractivity contribution in [2.75, 3.05) is 0 Å². The number of carbonyl (C=O) groups excluding carboxylic acids is 2. The van der Waals surface area contributed by atoms with Crippen LogP contribution in [-0.4, -0.2) is 57.6 Å². The molecule has 0 aliphatic carbocycles. The second-order valence-electron chi connectivity index (χ2n) is 16.1. The predicted molar refractivity (Wildman–Crippen MR) is 219 cm³/mol. The summed E-state index contributed by atoms with van der Waals surface area (Å²) in [7, 11) is -9.74. The van der Waals surface area contributed by atoms with Gasteiger partial charge < -0.3 is 19.3 Å². The van der Waals surface area contributed by atoms with Gasteiger partial charge in [0.15, 0.2) is 9.87 Å². The molecule has 0 radical (unpaired) electrons. The second-order valence-corrected chi connectivity index (χ2v) is 19.7. The maximum absolute atomic E-state index is 11.7. The van der Waals surface area contributed by atoms with Crippen LogP contribution in [0.5, 0.6) is 0 Å². The Hall–Kier alpha value is 1.08. The molecule has 2 atom stereocenters. The Balaban J connectivity index is -0.000000466. The normalized spacial score (nSPS) is 13.7. The number of Topliss-reactive ketones (excluding diaryl/α,β-unsaturated/α-hetero) is 2. The minimum absolute atomic E-state index is 0. The first-order valence-electron chi connectivity index (χ1n) is 21.8. The number of ketones is 2. The molecule has 0 bridgehead atoms. The van der Waals surface area contributed by atoms with Gasteiger partial charge in [-0.3, -0.25) is 9.59 Å². The molecule has 0 aliphatic heterocycles. The average Bonchev–Trinajstić information content (AvgIpc) is 3.07. The van der Waals surface area contributed by atoms with Crippen molar-refractivity contribution in [2.24, 2.45) is 0 Å². The molecule has 0 saturated heterocycles. The SMILES string of the molecule is CCCCCCCCCCCCCCCCCC(=O)CC(C)(O)S(=O)(=O)[O-].CCCCCCCCCCCCCCCCCC(=O)CC(C)(O)S(=O)(=O)[O-].[Na+].[Na+]. The Morgan fingerprint density at radius 2 is 0.554 bits per heavy atom. The summed E-state index contributed by atoms with van der Waals surface area (Å²) in [6.45, 7) is 6.27. The predicted octanol–water partition coefficient (Wildman–Crippen LogP) is 4.93. The summed E-state index contributed by atoms with van der Waals surface area (Å²) >= 11 is 0. The van der Waals surface area contributed by atoms with E-state index >= 15 is 0 Å². The third-order valence-electron chi connectivity index (χ3n) is 10.2. The van der Waals surface area contributed by atoms with Gasteiger partial charge in [0, 0.05) is 25.7 Å². The van der Waals surface area contributed by atoms with Crippen molar-refractivity contribution in [2.45, 2.75) is 256 Å². The molecular weight excluding hydrogens is 775 g/mol. The zero-order chi connectivity index (χ0) is 41.2. The molecule has 0 heterocycles. The zero-order valence-corrected chi connectivity index (χ0v) is 42.7. The summed E-state index contributed by atoms with van der Waals surface area (Å²) in [5, 5.41) is 19.1. The Kier molecular flexibility index (Phi) is 45.7. The van der Waals surface area contributed by atoms with Gasteiger partial charge in [-0.25, -0.2) is 16.8 Å². The number of rotatable bonds is 38. The molecule has 0 spiro atoms. The van der Waals surface area contributed by atoms with E-state index in [-0.39, 0.29) is 83.5 Å². The fraction of sp³-hybridized carbons (Fsp3) is 0.952. The molecule has 2 unspecified atom stereocenters. The maximum Gasteiger partial charge on any atom is 1.00 e. The van der Waals surface area contributed by atoms with Gasteiger partial charge in [-0.1, -0.05) is 194 Å². The van der Waals surface area contributed by atoms with E-state index in [1.165, 1.54) is 141 Å². The average molecular weight is 857 g/mol. The standard InChI is InChI=1S/2C21H42O5S.2Na/c2*1-3-4-5-6-7-8-9-10-11-12-13-14-15-16-17-18-20(22)19-21(2,23)27(24,25)26;;/h2*23H,3-19H2,1-2H3,(H,24,25,26);;/q;;2*+1/p-2. The first-order valence-corrected chi connectivity index (χ1v) is 24.6. The van der Waals surface area contributed by atoms with Gasteiger partial charge in [0.25, 0.3) is 0 Å². The van der Waals surface area contributed by atoms with E-state index in [9.17, 15) is 45.7 Å². The molecule has 324 valence electrons. The Morgan fingerprint density at radius 1 is 0.393 bits per heavy atom. The van der Waals surface area contributed by atoms with Crippen molar-refractivity contribution in [3.8, 4) is 0 Å². The summed E-state index contributed by atoms with van der Waals surface area (Å²) in [6.07, 6.45) is 36.4. The van der Waals surface area contributed by atoms with E-state index in [0.717, 1.165) is 52.4 Å². The zero-order valence-electron chi connectivity index (χ0n) is 37.0. The van der Waals surface area contributed by atoms with Crippen LogP contribution in [0, 0.1) is 0 Å². The van der Waals surface area contributed by atoms with E-state index < -0.39 is 42.9 Å². The smallest absolute Gasteiger partial charge is 0.746 e. The fourth-order valence-corrected chi connectivity index (χ4v) is 7.15. The van der Waals surface area contributed by atoms with Gasteiger partial charge in [0.05, 0.1) is 0 Å².